The molecule has 4 rings (SSSR count). The molecule has 0 saturated carbocycles. The number of pyridine rings is 1. The van der Waals surface area contributed by atoms with E-state index in [4.69, 9.17) is 13.9 Å². The summed E-state index contributed by atoms with van der Waals surface area (Å²) >= 11 is 0. The normalized spacial score (nSPS) is 11.5. The fraction of sp³-hybridized carbons (Fsp3) is 0.296. The predicted octanol–water partition coefficient (Wildman–Crippen LogP) is 5.44. The third kappa shape index (κ3) is 6.72. The van der Waals surface area contributed by atoms with Crippen molar-refractivity contribution in [2.75, 3.05) is 20.3 Å². The van der Waals surface area contributed by atoms with Gasteiger partial charge in [0.2, 0.25) is 11.2 Å². The van der Waals surface area contributed by atoms with E-state index in [-0.39, 0.29) is 29.1 Å². The van der Waals surface area contributed by atoms with Crippen LogP contribution in [-0.2, 0) is 12.7 Å². The van der Waals surface area contributed by atoms with Crippen LogP contribution in [0.3, 0.4) is 0 Å². The van der Waals surface area contributed by atoms with Gasteiger partial charge in [0.05, 0.1) is 30.8 Å². The van der Waals surface area contributed by atoms with Crippen molar-refractivity contribution in [1.82, 2.24) is 14.9 Å². The summed E-state index contributed by atoms with van der Waals surface area (Å²) in [4.78, 5) is 32.9. The molecule has 1 amide bonds. The van der Waals surface area contributed by atoms with Crippen LogP contribution in [0.4, 0.5) is 13.2 Å². The molecule has 200 valence electrons. The zero-order valence-corrected chi connectivity index (χ0v) is 20.6. The number of unbranched alkanes of at least 4 members (excludes halogenated alkanes) is 2. The van der Waals surface area contributed by atoms with Crippen molar-refractivity contribution >= 4 is 16.8 Å². The van der Waals surface area contributed by atoms with Crippen molar-refractivity contribution in [3.8, 4) is 11.5 Å². The lowest BCUT2D eigenvalue weighted by atomic mass is 10.1. The molecule has 0 aliphatic rings. The maximum Gasteiger partial charge on any atom is 0.416 e. The number of carbonyl (C=O) groups is 1. The van der Waals surface area contributed by atoms with Crippen molar-refractivity contribution in [2.24, 2.45) is 0 Å². The third-order valence-corrected chi connectivity index (χ3v) is 5.75. The van der Waals surface area contributed by atoms with Crippen LogP contribution in [0.2, 0.25) is 0 Å². The number of nitrogens with zero attached hydrogens (tertiary/aromatic N) is 2. The highest BCUT2D eigenvalue weighted by atomic mass is 19.4. The zero-order chi connectivity index (χ0) is 27.1. The van der Waals surface area contributed by atoms with Crippen LogP contribution in [0, 0.1) is 0 Å². The summed E-state index contributed by atoms with van der Waals surface area (Å²) in [5.74, 6) is 0.664. The lowest BCUT2D eigenvalue weighted by Gasteiger charge is -2.15. The van der Waals surface area contributed by atoms with E-state index in [2.05, 4.69) is 9.97 Å². The van der Waals surface area contributed by atoms with Gasteiger partial charge in [0.15, 0.2) is 0 Å². The Labute approximate surface area is 216 Å². The van der Waals surface area contributed by atoms with E-state index in [1.807, 2.05) is 0 Å². The van der Waals surface area contributed by atoms with Gasteiger partial charge in [-0.3, -0.25) is 14.6 Å². The first-order chi connectivity index (χ1) is 18.2. The molecule has 4 aromatic rings. The van der Waals surface area contributed by atoms with Crippen LogP contribution in [0.1, 0.15) is 41.1 Å². The van der Waals surface area contributed by atoms with Crippen LogP contribution < -0.4 is 14.9 Å². The Hall–Kier alpha value is -4.28. The average Bonchev–Trinajstić information content (AvgIpc) is 3.43. The van der Waals surface area contributed by atoms with Gasteiger partial charge in [0.1, 0.15) is 23.5 Å². The van der Waals surface area contributed by atoms with E-state index in [0.29, 0.717) is 48.6 Å². The number of benzene rings is 1. The van der Waals surface area contributed by atoms with Gasteiger partial charge in [-0.25, -0.2) is 0 Å². The number of alkyl halides is 3. The largest absolute Gasteiger partial charge is 0.493 e. The molecular weight excluding hydrogens is 503 g/mol. The van der Waals surface area contributed by atoms with E-state index in [9.17, 15) is 22.8 Å². The Kier molecular flexibility index (Phi) is 8.35. The number of nitrogens with one attached hydrogen (secondary N) is 1. The van der Waals surface area contributed by atoms with Gasteiger partial charge in [-0.1, -0.05) is 0 Å². The zero-order valence-electron chi connectivity index (χ0n) is 20.6. The molecular formula is C27H26F3N3O5. The highest BCUT2D eigenvalue weighted by molar-refractivity contribution is 5.92. The molecule has 3 heterocycles. The minimum Gasteiger partial charge on any atom is -0.493 e. The van der Waals surface area contributed by atoms with Crippen LogP contribution in [0.15, 0.2) is 70.3 Å². The van der Waals surface area contributed by atoms with E-state index in [1.54, 1.807) is 31.4 Å². The molecule has 1 aromatic carbocycles. The average molecular weight is 530 g/mol. The second kappa shape index (κ2) is 11.8. The minimum absolute atomic E-state index is 0.0878. The SMILES string of the molecule is CN(Cc1cc(=O)c(OCCCCCOc2ccnc3cc(C(F)(F)F)ccc23)co1)C(=O)c1ccc[nH]1. The van der Waals surface area contributed by atoms with Crippen molar-refractivity contribution < 1.29 is 31.9 Å². The number of rotatable bonds is 11. The number of halogens is 3. The molecule has 38 heavy (non-hydrogen) atoms. The summed E-state index contributed by atoms with van der Waals surface area (Å²) in [7, 11) is 1.61. The monoisotopic (exact) mass is 529 g/mol. The number of hydrogen-bond donors (Lipinski definition) is 1. The summed E-state index contributed by atoms with van der Waals surface area (Å²) in [5, 5.41) is 0.513. The molecule has 0 bridgehead atoms. The van der Waals surface area contributed by atoms with Crippen LogP contribution in [-0.4, -0.2) is 41.0 Å². The number of aromatic nitrogens is 2. The topological polar surface area (TPSA) is 97.7 Å². The summed E-state index contributed by atoms with van der Waals surface area (Å²) in [5.41, 5.74) is -0.440. The van der Waals surface area contributed by atoms with Crippen LogP contribution in [0.5, 0.6) is 11.5 Å². The fourth-order valence-corrected chi connectivity index (χ4v) is 3.77. The molecule has 0 spiro atoms. The van der Waals surface area contributed by atoms with E-state index in [1.165, 1.54) is 29.5 Å². The number of aromatic amines is 1. The minimum atomic E-state index is -4.43. The molecule has 0 radical (unpaired) electrons. The molecule has 0 saturated heterocycles. The Balaban J connectivity index is 1.19. The van der Waals surface area contributed by atoms with Crippen molar-refractivity contribution in [2.45, 2.75) is 32.0 Å². The second-order valence-corrected chi connectivity index (χ2v) is 8.62. The molecule has 0 aliphatic carbocycles. The Morgan fingerprint density at radius 1 is 1.05 bits per heavy atom. The number of ether oxygens (including phenoxy) is 2. The lowest BCUT2D eigenvalue weighted by molar-refractivity contribution is -0.137. The van der Waals surface area contributed by atoms with Gasteiger partial charge in [-0.05, 0) is 55.7 Å². The summed E-state index contributed by atoms with van der Waals surface area (Å²) in [6.45, 7) is 0.795. The standard InChI is InChI=1S/C27H26F3N3O5/c1-33(26(35)21-6-5-10-31-21)16-19-15-23(34)25(17-38-19)37-13-4-2-3-12-36-24-9-11-32-22-14-18(27(28,29)30)7-8-20(22)24/h5-11,14-15,17,31H,2-4,12-13,16H2,1H3. The highest BCUT2D eigenvalue weighted by Gasteiger charge is 2.30. The van der Waals surface area contributed by atoms with Gasteiger partial charge in [0.25, 0.3) is 5.91 Å². The van der Waals surface area contributed by atoms with E-state index in [0.717, 1.165) is 18.6 Å². The van der Waals surface area contributed by atoms with Crippen molar-refractivity contribution in [3.05, 3.63) is 88.4 Å². The number of hydrogen-bond acceptors (Lipinski definition) is 6. The third-order valence-electron chi connectivity index (χ3n) is 5.75. The van der Waals surface area contributed by atoms with Gasteiger partial charge < -0.3 is 23.8 Å². The maximum absolute atomic E-state index is 12.9. The Bertz CT molecular complexity index is 1430. The molecule has 0 atom stereocenters. The molecule has 11 heteroatoms. The van der Waals surface area contributed by atoms with Crippen LogP contribution >= 0.6 is 0 Å². The molecule has 3 aromatic heterocycles. The highest BCUT2D eigenvalue weighted by Crippen LogP contribution is 2.33. The molecule has 0 aliphatic heterocycles. The first kappa shape index (κ1) is 26.8. The first-order valence-corrected chi connectivity index (χ1v) is 11.9. The Morgan fingerprint density at radius 2 is 1.82 bits per heavy atom. The van der Waals surface area contributed by atoms with Crippen LogP contribution in [0.25, 0.3) is 10.9 Å². The summed E-state index contributed by atoms with van der Waals surface area (Å²) in [6.07, 6.45) is 1.97. The number of fused-ring (bicyclic) bond motifs is 1. The molecule has 0 unspecified atom stereocenters. The molecule has 1 N–H and O–H groups in total. The lowest BCUT2D eigenvalue weighted by Crippen LogP contribution is -2.26. The quantitative estimate of drug-likeness (QED) is 0.260. The van der Waals surface area contributed by atoms with Gasteiger partial charge in [-0.2, -0.15) is 13.2 Å². The molecule has 8 nitrogen and oxygen atoms in total. The van der Waals surface area contributed by atoms with Gasteiger partial charge >= 0.3 is 6.18 Å². The van der Waals surface area contributed by atoms with Crippen molar-refractivity contribution in [3.63, 3.8) is 0 Å². The van der Waals surface area contributed by atoms with Gasteiger partial charge in [0, 0.05) is 30.9 Å². The number of carbonyl (C=O) groups excluding carboxylic acids is 1. The smallest absolute Gasteiger partial charge is 0.416 e. The summed E-state index contributed by atoms with van der Waals surface area (Å²) < 4.78 is 55.5. The Morgan fingerprint density at radius 3 is 2.50 bits per heavy atom. The maximum atomic E-state index is 12.9. The number of amides is 1. The fourth-order valence-electron chi connectivity index (χ4n) is 3.77. The van der Waals surface area contributed by atoms with E-state index < -0.39 is 11.7 Å². The van der Waals surface area contributed by atoms with E-state index >= 15 is 0 Å². The predicted molar refractivity (Wildman–Crippen MR) is 133 cm³/mol. The number of H-pyrrole nitrogens is 1. The summed E-state index contributed by atoms with van der Waals surface area (Å²) in [6, 6.07) is 9.69. The second-order valence-electron chi connectivity index (χ2n) is 8.62. The molecule has 0 fully saturated rings. The van der Waals surface area contributed by atoms with Crippen molar-refractivity contribution in [1.29, 1.82) is 0 Å². The van der Waals surface area contributed by atoms with Gasteiger partial charge in [-0.15, -0.1) is 0 Å². The first-order valence-electron chi connectivity index (χ1n) is 11.9.